The first-order chi connectivity index (χ1) is 8.28. The maximum absolute atomic E-state index is 10.6. The third-order valence-electron chi connectivity index (χ3n) is 2.06. The Kier molecular flexibility index (Phi) is 4.08. The molecule has 0 aliphatic rings. The van der Waals surface area contributed by atoms with Gasteiger partial charge < -0.3 is 16.4 Å². The molecule has 5 N–H and O–H groups in total. The zero-order chi connectivity index (χ0) is 13.9. The number of nitrogens with two attached hydrogens (primary N) is 2. The molecule has 0 amide bonds. The van der Waals surface area contributed by atoms with Gasteiger partial charge in [0.05, 0.1) is 0 Å². The molecule has 18 heavy (non-hydrogen) atoms. The first-order valence-electron chi connectivity index (χ1n) is 5.05. The SMILES string of the molecule is CCN(CC)c1nc(N)[n+](OS(=O)(=O)O)c(N)n1. The molecule has 0 aromatic carbocycles. The Hall–Kier alpha value is -1.88. The molecule has 11 heteroatoms. The van der Waals surface area contributed by atoms with Crippen LogP contribution in [0, 0.1) is 0 Å². The van der Waals surface area contributed by atoms with E-state index in [2.05, 4.69) is 14.3 Å². The first kappa shape index (κ1) is 14.2. The number of anilines is 3. The number of hydrogen-bond acceptors (Lipinski definition) is 8. The van der Waals surface area contributed by atoms with Gasteiger partial charge in [-0.25, -0.2) is 4.28 Å². The second-order valence-corrected chi connectivity index (χ2v) is 4.21. The molecule has 0 atom stereocenters. The number of aromatic nitrogens is 3. The largest absolute Gasteiger partial charge is 0.472 e. The van der Waals surface area contributed by atoms with Crippen LogP contribution in [0.15, 0.2) is 0 Å². The van der Waals surface area contributed by atoms with E-state index in [-0.39, 0.29) is 17.8 Å². The van der Waals surface area contributed by atoms with E-state index in [9.17, 15) is 8.42 Å². The summed E-state index contributed by atoms with van der Waals surface area (Å²) >= 11 is 0. The van der Waals surface area contributed by atoms with Gasteiger partial charge in [0, 0.05) is 13.1 Å². The molecule has 1 aromatic rings. The molecule has 0 aliphatic carbocycles. The van der Waals surface area contributed by atoms with E-state index in [0.29, 0.717) is 17.8 Å². The number of nitrogen functional groups attached to an aromatic ring is 2. The standard InChI is InChI=1S/C7H14N6O4S/c1-3-12(4-2)7-10-5(8)13(6(9)11-7)17-18(14,15)16/h3-4H2,1-2H3,(H4,8,9,10,11,14,15,16)/p+1. The highest BCUT2D eigenvalue weighted by molar-refractivity contribution is 7.80. The Morgan fingerprint density at radius 3 is 2.06 bits per heavy atom. The molecule has 0 fully saturated rings. The Morgan fingerprint density at radius 1 is 1.28 bits per heavy atom. The van der Waals surface area contributed by atoms with Crippen LogP contribution >= 0.6 is 0 Å². The van der Waals surface area contributed by atoms with Crippen LogP contribution in [0.3, 0.4) is 0 Å². The van der Waals surface area contributed by atoms with Crippen LogP contribution in [0.1, 0.15) is 13.8 Å². The van der Waals surface area contributed by atoms with Crippen LogP contribution in [-0.2, 0) is 10.4 Å². The normalized spacial score (nSPS) is 11.3. The van der Waals surface area contributed by atoms with Crippen LogP contribution in [0.25, 0.3) is 0 Å². The van der Waals surface area contributed by atoms with Crippen LogP contribution in [0.5, 0.6) is 0 Å². The van der Waals surface area contributed by atoms with Crippen molar-refractivity contribution in [3.63, 3.8) is 0 Å². The highest BCUT2D eigenvalue weighted by Gasteiger charge is 2.23. The smallest absolute Gasteiger partial charge is 0.324 e. The summed E-state index contributed by atoms with van der Waals surface area (Å²) in [5.74, 6) is -0.450. The molecule has 1 aromatic heterocycles. The summed E-state index contributed by atoms with van der Waals surface area (Å²) in [6.45, 7) is 5.01. The monoisotopic (exact) mass is 279 g/mol. The van der Waals surface area contributed by atoms with Crippen molar-refractivity contribution in [2.24, 2.45) is 0 Å². The maximum Gasteiger partial charge on any atom is 0.472 e. The maximum atomic E-state index is 10.6. The van der Waals surface area contributed by atoms with E-state index in [1.54, 1.807) is 4.90 Å². The van der Waals surface area contributed by atoms with E-state index in [4.69, 9.17) is 16.0 Å². The average Bonchev–Trinajstić information content (AvgIpc) is 2.24. The molecule has 0 unspecified atom stereocenters. The summed E-state index contributed by atoms with van der Waals surface area (Å²) in [5, 5.41) is 0. The molecule has 10 nitrogen and oxygen atoms in total. The summed E-state index contributed by atoms with van der Waals surface area (Å²) in [6.07, 6.45) is 0. The van der Waals surface area contributed by atoms with Gasteiger partial charge >= 0.3 is 28.2 Å². The average molecular weight is 279 g/mol. The Morgan fingerprint density at radius 2 is 1.72 bits per heavy atom. The highest BCUT2D eigenvalue weighted by Crippen LogP contribution is 2.08. The lowest BCUT2D eigenvalue weighted by molar-refractivity contribution is -0.836. The van der Waals surface area contributed by atoms with Crippen molar-refractivity contribution in [2.75, 3.05) is 29.5 Å². The minimum atomic E-state index is -4.76. The topological polar surface area (TPSA) is 149 Å². The van der Waals surface area contributed by atoms with Crippen molar-refractivity contribution < 1.29 is 22.0 Å². The van der Waals surface area contributed by atoms with Crippen molar-refractivity contribution >= 4 is 28.2 Å². The van der Waals surface area contributed by atoms with Crippen molar-refractivity contribution in [3.8, 4) is 0 Å². The van der Waals surface area contributed by atoms with E-state index < -0.39 is 10.4 Å². The number of nitrogens with zero attached hydrogens (tertiary/aromatic N) is 4. The Bertz CT molecular complexity index is 506. The summed E-state index contributed by atoms with van der Waals surface area (Å²) < 4.78 is 34.2. The van der Waals surface area contributed by atoms with Gasteiger partial charge in [-0.05, 0) is 18.6 Å². The Labute approximate surface area is 104 Å². The van der Waals surface area contributed by atoms with Gasteiger partial charge in [0.2, 0.25) is 0 Å². The van der Waals surface area contributed by atoms with E-state index in [1.807, 2.05) is 13.8 Å². The molecule has 0 saturated carbocycles. The van der Waals surface area contributed by atoms with Crippen LogP contribution in [0.2, 0.25) is 0 Å². The molecule has 1 heterocycles. The fraction of sp³-hybridized carbons (Fsp3) is 0.571. The van der Waals surface area contributed by atoms with Gasteiger partial charge in [-0.15, -0.1) is 0 Å². The van der Waals surface area contributed by atoms with Crippen molar-refractivity contribution in [1.29, 1.82) is 0 Å². The van der Waals surface area contributed by atoms with Gasteiger partial charge in [-0.1, -0.05) is 9.97 Å². The lowest BCUT2D eigenvalue weighted by atomic mass is 10.5. The first-order valence-corrected chi connectivity index (χ1v) is 6.42. The fourth-order valence-electron chi connectivity index (χ4n) is 1.26. The molecular formula is C7H15N6O4S+. The summed E-state index contributed by atoms with van der Waals surface area (Å²) in [4.78, 5) is 9.42. The third kappa shape index (κ3) is 3.30. The molecule has 0 bridgehead atoms. The van der Waals surface area contributed by atoms with Gasteiger partial charge in [0.15, 0.2) is 0 Å². The van der Waals surface area contributed by atoms with Crippen molar-refractivity contribution in [1.82, 2.24) is 9.97 Å². The minimum Gasteiger partial charge on any atom is -0.324 e. The van der Waals surface area contributed by atoms with E-state index >= 15 is 0 Å². The van der Waals surface area contributed by atoms with Gasteiger partial charge in [0.25, 0.3) is 0 Å². The molecule has 1 rings (SSSR count). The molecule has 0 radical (unpaired) electrons. The number of hydrogen-bond donors (Lipinski definition) is 3. The summed E-state index contributed by atoms with van der Waals surface area (Å²) in [5.41, 5.74) is 11.0. The minimum absolute atomic E-state index is 0.241. The predicted octanol–water partition coefficient (Wildman–Crippen LogP) is -1.99. The highest BCUT2D eigenvalue weighted by atomic mass is 32.3. The quantitative estimate of drug-likeness (QED) is 0.411. The summed E-state index contributed by atoms with van der Waals surface area (Å²) in [7, 11) is -4.76. The second kappa shape index (κ2) is 5.18. The van der Waals surface area contributed by atoms with Crippen molar-refractivity contribution in [3.05, 3.63) is 0 Å². The zero-order valence-corrected chi connectivity index (χ0v) is 10.8. The fourth-order valence-corrected chi connectivity index (χ4v) is 1.60. The summed E-state index contributed by atoms with van der Waals surface area (Å²) in [6, 6.07) is 0. The third-order valence-corrected chi connectivity index (χ3v) is 2.40. The molecule has 0 saturated heterocycles. The lowest BCUT2D eigenvalue weighted by Gasteiger charge is -2.15. The van der Waals surface area contributed by atoms with Crippen LogP contribution in [0.4, 0.5) is 17.8 Å². The second-order valence-electron chi connectivity index (χ2n) is 3.21. The van der Waals surface area contributed by atoms with Gasteiger partial charge in [-0.3, -0.25) is 4.55 Å². The number of rotatable bonds is 5. The molecule has 0 spiro atoms. The zero-order valence-electron chi connectivity index (χ0n) is 9.94. The van der Waals surface area contributed by atoms with Gasteiger partial charge in [0.1, 0.15) is 0 Å². The predicted molar refractivity (Wildman–Crippen MR) is 62.7 cm³/mol. The lowest BCUT2D eigenvalue weighted by Crippen LogP contribution is -2.51. The van der Waals surface area contributed by atoms with Crippen LogP contribution in [-0.4, -0.2) is 36.0 Å². The molecular weight excluding hydrogens is 264 g/mol. The van der Waals surface area contributed by atoms with E-state index in [1.165, 1.54) is 0 Å². The van der Waals surface area contributed by atoms with Crippen molar-refractivity contribution in [2.45, 2.75) is 13.8 Å². The van der Waals surface area contributed by atoms with E-state index in [0.717, 1.165) is 0 Å². The van der Waals surface area contributed by atoms with Gasteiger partial charge in [-0.2, -0.15) is 8.42 Å². The molecule has 0 aliphatic heterocycles. The Balaban J connectivity index is 3.20. The molecule has 102 valence electrons. The van der Waals surface area contributed by atoms with Crippen LogP contribution < -0.4 is 25.4 Å².